The van der Waals surface area contributed by atoms with Crippen LogP contribution < -0.4 is 5.73 Å². The van der Waals surface area contributed by atoms with Crippen LogP contribution in [0.15, 0.2) is 35.7 Å². The number of aromatic nitrogens is 1. The topological polar surface area (TPSA) is 38.9 Å². The van der Waals surface area contributed by atoms with Crippen molar-refractivity contribution >= 4 is 11.3 Å². The number of benzene rings is 1. The van der Waals surface area contributed by atoms with Crippen LogP contribution in [-0.4, -0.2) is 10.5 Å². The maximum Gasteiger partial charge on any atom is 0.0946 e. The van der Waals surface area contributed by atoms with Crippen molar-refractivity contribution in [3.63, 3.8) is 0 Å². The number of nitrogens with zero attached hydrogens (tertiary/aromatic N) is 1. The van der Waals surface area contributed by atoms with Crippen LogP contribution in [0.3, 0.4) is 0 Å². The highest BCUT2D eigenvalue weighted by atomic mass is 32.1. The van der Waals surface area contributed by atoms with Crippen molar-refractivity contribution in [1.29, 1.82) is 0 Å². The Bertz CT molecular complexity index is 568. The Morgan fingerprint density at radius 2 is 1.76 bits per heavy atom. The van der Waals surface area contributed by atoms with Gasteiger partial charge in [0.2, 0.25) is 0 Å². The highest BCUT2D eigenvalue weighted by molar-refractivity contribution is 7.09. The Kier molecular flexibility index (Phi) is 4.84. The lowest BCUT2D eigenvalue weighted by atomic mass is 9.86. The summed E-state index contributed by atoms with van der Waals surface area (Å²) in [4.78, 5) is 4.79. The third-order valence-corrected chi connectivity index (χ3v) is 4.78. The van der Waals surface area contributed by atoms with Gasteiger partial charge in [0.15, 0.2) is 0 Å². The van der Waals surface area contributed by atoms with Crippen LogP contribution in [0.25, 0.3) is 0 Å². The third-order valence-electron chi connectivity index (χ3n) is 3.93. The van der Waals surface area contributed by atoms with Crippen LogP contribution in [-0.2, 0) is 18.3 Å². The Labute approximate surface area is 132 Å². The zero-order valence-corrected chi connectivity index (χ0v) is 14.3. The van der Waals surface area contributed by atoms with Crippen molar-refractivity contribution in [1.82, 2.24) is 4.98 Å². The minimum atomic E-state index is -0.214. The Morgan fingerprint density at radius 3 is 2.29 bits per heavy atom. The van der Waals surface area contributed by atoms with Crippen LogP contribution in [0.2, 0.25) is 0 Å². The Balaban J connectivity index is 2.12. The quantitative estimate of drug-likeness (QED) is 0.892. The van der Waals surface area contributed by atoms with Gasteiger partial charge < -0.3 is 5.73 Å². The smallest absolute Gasteiger partial charge is 0.0946 e. The van der Waals surface area contributed by atoms with Gasteiger partial charge in [-0.25, -0.2) is 4.98 Å². The van der Waals surface area contributed by atoms with Gasteiger partial charge >= 0.3 is 0 Å². The summed E-state index contributed by atoms with van der Waals surface area (Å²) < 4.78 is 0. The summed E-state index contributed by atoms with van der Waals surface area (Å²) in [6, 6.07) is 10.5. The maximum atomic E-state index is 6.65. The predicted molar refractivity (Wildman–Crippen MR) is 91.9 cm³/mol. The number of nitrogens with two attached hydrogens (primary N) is 1. The Morgan fingerprint density at radius 1 is 1.10 bits per heavy atom. The molecule has 0 saturated carbocycles. The summed E-state index contributed by atoms with van der Waals surface area (Å²) in [7, 11) is 0. The van der Waals surface area contributed by atoms with Gasteiger partial charge in [0.05, 0.1) is 10.7 Å². The third kappa shape index (κ3) is 4.39. The second-order valence-corrected chi connectivity index (χ2v) is 7.87. The molecule has 1 atom stereocenters. The molecule has 3 heteroatoms. The lowest BCUT2D eigenvalue weighted by molar-refractivity contribution is 0.402. The molecule has 114 valence electrons. The van der Waals surface area contributed by atoms with E-state index in [0.717, 1.165) is 24.3 Å². The molecule has 1 aromatic heterocycles. The van der Waals surface area contributed by atoms with Gasteiger partial charge in [0.25, 0.3) is 0 Å². The zero-order valence-electron chi connectivity index (χ0n) is 13.5. The van der Waals surface area contributed by atoms with Crippen molar-refractivity contribution in [2.24, 2.45) is 5.73 Å². The SMILES string of the molecule is CCC(N)(Cc1ccccc1)Cc1nc(C(C)(C)C)cs1. The molecule has 0 amide bonds. The summed E-state index contributed by atoms with van der Waals surface area (Å²) >= 11 is 1.74. The molecule has 2 N–H and O–H groups in total. The largest absolute Gasteiger partial charge is 0.324 e. The standard InChI is InChI=1S/C18H26N2S/c1-5-18(19,11-14-9-7-6-8-10-14)12-16-20-15(13-21-16)17(2,3)4/h6-10,13H,5,11-12,19H2,1-4H3. The number of hydrogen-bond acceptors (Lipinski definition) is 3. The fraction of sp³-hybridized carbons (Fsp3) is 0.500. The lowest BCUT2D eigenvalue weighted by Gasteiger charge is -2.27. The summed E-state index contributed by atoms with van der Waals surface area (Å²) in [5.41, 5.74) is 9.01. The second kappa shape index (κ2) is 6.29. The molecule has 0 fully saturated rings. The predicted octanol–water partition coefficient (Wildman–Crippen LogP) is 4.33. The van der Waals surface area contributed by atoms with Crippen LogP contribution in [0, 0.1) is 0 Å². The van der Waals surface area contributed by atoms with E-state index in [2.05, 4.69) is 57.3 Å². The molecule has 2 rings (SSSR count). The molecule has 2 nitrogen and oxygen atoms in total. The summed E-state index contributed by atoms with van der Waals surface area (Å²) in [5, 5.41) is 3.33. The highest BCUT2D eigenvalue weighted by Gasteiger charge is 2.26. The average molecular weight is 302 g/mol. The maximum absolute atomic E-state index is 6.65. The molecule has 0 saturated heterocycles. The van der Waals surface area contributed by atoms with Gasteiger partial charge in [-0.15, -0.1) is 11.3 Å². The van der Waals surface area contributed by atoms with Crippen LogP contribution >= 0.6 is 11.3 Å². The molecule has 2 aromatic rings. The first kappa shape index (κ1) is 16.2. The van der Waals surface area contributed by atoms with Crippen molar-refractivity contribution in [3.8, 4) is 0 Å². The van der Waals surface area contributed by atoms with E-state index in [1.54, 1.807) is 11.3 Å². The number of rotatable bonds is 5. The van der Waals surface area contributed by atoms with Crippen molar-refractivity contribution in [2.75, 3.05) is 0 Å². The van der Waals surface area contributed by atoms with E-state index in [1.165, 1.54) is 11.3 Å². The van der Waals surface area contributed by atoms with Gasteiger partial charge in [-0.1, -0.05) is 58.0 Å². The van der Waals surface area contributed by atoms with E-state index in [1.807, 2.05) is 6.07 Å². The Hall–Kier alpha value is -1.19. The fourth-order valence-corrected chi connectivity index (χ4v) is 3.53. The van der Waals surface area contributed by atoms with E-state index in [9.17, 15) is 0 Å². The van der Waals surface area contributed by atoms with E-state index < -0.39 is 0 Å². The van der Waals surface area contributed by atoms with Crippen LogP contribution in [0.4, 0.5) is 0 Å². The fourth-order valence-electron chi connectivity index (χ4n) is 2.35. The number of hydrogen-bond donors (Lipinski definition) is 1. The molecular formula is C18H26N2S. The molecule has 0 bridgehead atoms. The molecule has 0 spiro atoms. The molecule has 0 aliphatic heterocycles. The molecular weight excluding hydrogens is 276 g/mol. The van der Waals surface area contributed by atoms with Crippen molar-refractivity contribution in [3.05, 3.63) is 52.0 Å². The zero-order chi connectivity index (χ0) is 15.5. The minimum Gasteiger partial charge on any atom is -0.324 e. The van der Waals surface area contributed by atoms with E-state index in [4.69, 9.17) is 10.7 Å². The van der Waals surface area contributed by atoms with Crippen LogP contribution in [0.5, 0.6) is 0 Å². The van der Waals surface area contributed by atoms with E-state index in [0.29, 0.717) is 0 Å². The molecule has 21 heavy (non-hydrogen) atoms. The lowest BCUT2D eigenvalue weighted by Crippen LogP contribution is -2.43. The first-order valence-electron chi connectivity index (χ1n) is 7.60. The normalized spacial score (nSPS) is 14.9. The van der Waals surface area contributed by atoms with Gasteiger partial charge in [0.1, 0.15) is 0 Å². The monoisotopic (exact) mass is 302 g/mol. The van der Waals surface area contributed by atoms with Gasteiger partial charge in [-0.05, 0) is 18.4 Å². The molecule has 1 unspecified atom stereocenters. The van der Waals surface area contributed by atoms with Crippen molar-refractivity contribution < 1.29 is 0 Å². The summed E-state index contributed by atoms with van der Waals surface area (Å²) in [5.74, 6) is 0. The number of thiazole rings is 1. The minimum absolute atomic E-state index is 0.109. The molecule has 0 aliphatic carbocycles. The summed E-state index contributed by atoms with van der Waals surface area (Å²) in [6.07, 6.45) is 2.69. The highest BCUT2D eigenvalue weighted by Crippen LogP contribution is 2.27. The van der Waals surface area contributed by atoms with Crippen LogP contribution in [0.1, 0.15) is 50.4 Å². The average Bonchev–Trinajstić information content (AvgIpc) is 2.88. The van der Waals surface area contributed by atoms with E-state index >= 15 is 0 Å². The second-order valence-electron chi connectivity index (χ2n) is 6.93. The van der Waals surface area contributed by atoms with Gasteiger partial charge in [-0.2, -0.15) is 0 Å². The first-order chi connectivity index (χ1) is 9.82. The van der Waals surface area contributed by atoms with Crippen molar-refractivity contribution in [2.45, 2.75) is 57.9 Å². The molecule has 1 aromatic carbocycles. The molecule has 1 heterocycles. The molecule has 0 radical (unpaired) electrons. The van der Waals surface area contributed by atoms with Gasteiger partial charge in [-0.3, -0.25) is 0 Å². The van der Waals surface area contributed by atoms with Gasteiger partial charge in [0, 0.05) is 22.8 Å². The molecule has 0 aliphatic rings. The first-order valence-corrected chi connectivity index (χ1v) is 8.48. The summed E-state index contributed by atoms with van der Waals surface area (Å²) in [6.45, 7) is 8.77. The van der Waals surface area contributed by atoms with E-state index in [-0.39, 0.29) is 11.0 Å².